The summed E-state index contributed by atoms with van der Waals surface area (Å²) >= 11 is 0. The maximum absolute atomic E-state index is 13.7. The first-order valence-electron chi connectivity index (χ1n) is 12.0. The van der Waals surface area contributed by atoms with Gasteiger partial charge in [-0.2, -0.15) is 0 Å². The second-order valence-corrected chi connectivity index (χ2v) is 11.4. The minimum absolute atomic E-state index is 0.0885. The van der Waals surface area contributed by atoms with Crippen molar-refractivity contribution >= 4 is 11.8 Å². The number of fused-ring (bicyclic) bond motifs is 5. The molecular weight excluding hydrogens is 364 g/mol. The van der Waals surface area contributed by atoms with Gasteiger partial charge in [0.2, 0.25) is 0 Å². The van der Waals surface area contributed by atoms with Gasteiger partial charge in [-0.3, -0.25) is 9.59 Å². The van der Waals surface area contributed by atoms with Gasteiger partial charge in [-0.1, -0.05) is 20.8 Å². The number of aliphatic hydroxyl groups excluding tert-OH is 1. The monoisotopic (exact) mass is 404 g/mol. The molecule has 0 radical (unpaired) electrons. The Hall–Kier alpha value is -0.900. The zero-order valence-corrected chi connectivity index (χ0v) is 18.8. The van der Waals surface area contributed by atoms with Gasteiger partial charge < -0.3 is 9.84 Å². The van der Waals surface area contributed by atoms with Crippen molar-refractivity contribution in [1.82, 2.24) is 0 Å². The molecule has 1 N–H and O–H groups in total. The van der Waals surface area contributed by atoms with E-state index in [-0.39, 0.29) is 28.8 Å². The van der Waals surface area contributed by atoms with Crippen molar-refractivity contribution in [2.75, 3.05) is 7.11 Å². The largest absolute Gasteiger partial charge is 0.469 e. The topological polar surface area (TPSA) is 63.6 Å². The molecule has 4 aliphatic carbocycles. The molecule has 164 valence electrons. The molecule has 4 fully saturated rings. The summed E-state index contributed by atoms with van der Waals surface area (Å²) in [5, 5.41) is 10.2. The second-order valence-electron chi connectivity index (χ2n) is 11.4. The number of carbonyl (C=O) groups is 2. The lowest BCUT2D eigenvalue weighted by Gasteiger charge is -2.60. The summed E-state index contributed by atoms with van der Waals surface area (Å²) in [5.41, 5.74) is 0.181. The van der Waals surface area contributed by atoms with Gasteiger partial charge >= 0.3 is 5.97 Å². The van der Waals surface area contributed by atoms with Crippen molar-refractivity contribution in [2.24, 2.45) is 46.3 Å². The molecule has 0 saturated heterocycles. The Morgan fingerprint density at radius 1 is 1.17 bits per heavy atom. The molecule has 0 amide bonds. The average Bonchev–Trinajstić information content (AvgIpc) is 3.02. The van der Waals surface area contributed by atoms with E-state index >= 15 is 0 Å². The summed E-state index contributed by atoms with van der Waals surface area (Å²) in [4.78, 5) is 25.3. The SMILES string of the molecule is COC(=O)CC[C@@H](C)C1CCC2C3CC[C@@H]4C[C@H](O)CC[C@]4(C)C3C(=O)C[C@@]21C. The van der Waals surface area contributed by atoms with E-state index in [4.69, 9.17) is 4.74 Å². The number of ether oxygens (including phenoxy) is 1. The number of methoxy groups -OCH3 is 1. The normalized spacial score (nSPS) is 47.7. The molecule has 0 heterocycles. The molecule has 0 bridgehead atoms. The van der Waals surface area contributed by atoms with Crippen LogP contribution in [-0.4, -0.2) is 30.1 Å². The van der Waals surface area contributed by atoms with E-state index in [0.717, 1.165) is 38.5 Å². The summed E-state index contributed by atoms with van der Waals surface area (Å²) in [7, 11) is 1.46. The quantitative estimate of drug-likeness (QED) is 0.685. The van der Waals surface area contributed by atoms with Crippen LogP contribution in [0.5, 0.6) is 0 Å². The lowest BCUT2D eigenvalue weighted by molar-refractivity contribution is -0.162. The van der Waals surface area contributed by atoms with E-state index in [1.54, 1.807) is 0 Å². The van der Waals surface area contributed by atoms with E-state index in [0.29, 0.717) is 41.8 Å². The summed E-state index contributed by atoms with van der Waals surface area (Å²) < 4.78 is 4.84. The van der Waals surface area contributed by atoms with Gasteiger partial charge in [0.05, 0.1) is 13.2 Å². The highest BCUT2D eigenvalue weighted by Gasteiger charge is 2.63. The van der Waals surface area contributed by atoms with E-state index in [1.165, 1.54) is 26.4 Å². The third kappa shape index (κ3) is 3.38. The predicted octanol–water partition coefficient (Wildman–Crippen LogP) is 4.77. The van der Waals surface area contributed by atoms with Gasteiger partial charge in [-0.05, 0) is 91.8 Å². The number of aliphatic hydroxyl groups is 1. The third-order valence-corrected chi connectivity index (χ3v) is 10.1. The van der Waals surface area contributed by atoms with Gasteiger partial charge in [-0.15, -0.1) is 0 Å². The van der Waals surface area contributed by atoms with Crippen LogP contribution in [0, 0.1) is 46.3 Å². The molecule has 0 aromatic heterocycles. The highest BCUT2D eigenvalue weighted by Crippen LogP contribution is 2.67. The lowest BCUT2D eigenvalue weighted by Crippen LogP contribution is -2.57. The Bertz CT molecular complexity index is 659. The summed E-state index contributed by atoms with van der Waals surface area (Å²) in [6.45, 7) is 7.03. The zero-order valence-electron chi connectivity index (χ0n) is 18.8. The first-order valence-corrected chi connectivity index (χ1v) is 12.0. The molecule has 4 unspecified atom stereocenters. The smallest absolute Gasteiger partial charge is 0.305 e. The molecule has 0 aromatic rings. The van der Waals surface area contributed by atoms with Crippen LogP contribution in [0.2, 0.25) is 0 Å². The Morgan fingerprint density at radius 3 is 2.66 bits per heavy atom. The molecular formula is C25H40O4. The molecule has 0 aliphatic heterocycles. The van der Waals surface area contributed by atoms with Crippen molar-refractivity contribution in [3.63, 3.8) is 0 Å². The molecule has 4 rings (SSSR count). The fourth-order valence-corrected chi connectivity index (χ4v) is 8.67. The molecule has 4 heteroatoms. The van der Waals surface area contributed by atoms with Crippen LogP contribution in [0.25, 0.3) is 0 Å². The van der Waals surface area contributed by atoms with Crippen molar-refractivity contribution in [2.45, 2.75) is 91.1 Å². The molecule has 29 heavy (non-hydrogen) atoms. The molecule has 4 aliphatic rings. The molecule has 9 atom stereocenters. The van der Waals surface area contributed by atoms with Gasteiger partial charge in [0.15, 0.2) is 0 Å². The van der Waals surface area contributed by atoms with Gasteiger partial charge in [0, 0.05) is 18.8 Å². The van der Waals surface area contributed by atoms with Crippen molar-refractivity contribution < 1.29 is 19.4 Å². The number of hydrogen-bond donors (Lipinski definition) is 1. The fraction of sp³-hybridized carbons (Fsp3) is 0.920. The van der Waals surface area contributed by atoms with Gasteiger partial charge in [0.1, 0.15) is 5.78 Å². The number of carbonyl (C=O) groups excluding carboxylic acids is 2. The number of rotatable bonds is 4. The Morgan fingerprint density at radius 2 is 1.93 bits per heavy atom. The number of hydrogen-bond acceptors (Lipinski definition) is 4. The number of esters is 1. The van der Waals surface area contributed by atoms with Gasteiger partial charge in [0.25, 0.3) is 0 Å². The summed E-state index contributed by atoms with van der Waals surface area (Å²) in [5.74, 6) is 3.24. The van der Waals surface area contributed by atoms with Crippen LogP contribution < -0.4 is 0 Å². The van der Waals surface area contributed by atoms with E-state index < -0.39 is 0 Å². The predicted molar refractivity (Wildman–Crippen MR) is 112 cm³/mol. The maximum Gasteiger partial charge on any atom is 0.305 e. The van der Waals surface area contributed by atoms with Crippen molar-refractivity contribution in [3.8, 4) is 0 Å². The van der Waals surface area contributed by atoms with Crippen LogP contribution in [0.4, 0.5) is 0 Å². The van der Waals surface area contributed by atoms with Crippen LogP contribution in [0.15, 0.2) is 0 Å². The Kier molecular flexibility index (Phi) is 5.63. The molecule has 4 nitrogen and oxygen atoms in total. The Labute approximate surface area is 176 Å². The van der Waals surface area contributed by atoms with E-state index in [2.05, 4.69) is 20.8 Å². The minimum atomic E-state index is -0.167. The molecule has 0 aromatic carbocycles. The fourth-order valence-electron chi connectivity index (χ4n) is 8.67. The van der Waals surface area contributed by atoms with Crippen LogP contribution in [0.1, 0.15) is 85.0 Å². The minimum Gasteiger partial charge on any atom is -0.469 e. The summed E-state index contributed by atoms with van der Waals surface area (Å²) in [6, 6.07) is 0. The average molecular weight is 405 g/mol. The molecule has 0 spiro atoms. The van der Waals surface area contributed by atoms with Crippen LogP contribution in [0.3, 0.4) is 0 Å². The van der Waals surface area contributed by atoms with E-state index in [1.807, 2.05) is 0 Å². The Balaban J connectivity index is 1.54. The standard InChI is InChI=1S/C25H40O4/c1-15(5-10-22(28)29-4)19-8-9-20-18-7-6-16-13-17(26)11-12-24(16,2)23(18)21(27)14-25(19,20)3/h15-20,23,26H,5-14H2,1-4H3/t15-,16-,17-,18?,19?,20?,23?,24+,25-/m1/s1. The zero-order chi connectivity index (χ0) is 21.0. The third-order valence-electron chi connectivity index (χ3n) is 10.1. The first-order chi connectivity index (χ1) is 13.7. The van der Waals surface area contributed by atoms with E-state index in [9.17, 15) is 14.7 Å². The lowest BCUT2D eigenvalue weighted by atomic mass is 9.44. The number of Topliss-reactive ketones (excluding diaryl/α,β-unsaturated/α-hetero) is 1. The highest BCUT2D eigenvalue weighted by atomic mass is 16.5. The first kappa shape index (κ1) is 21.3. The second kappa shape index (κ2) is 7.66. The van der Waals surface area contributed by atoms with Crippen molar-refractivity contribution in [3.05, 3.63) is 0 Å². The van der Waals surface area contributed by atoms with Crippen LogP contribution >= 0.6 is 0 Å². The maximum atomic E-state index is 13.7. The van der Waals surface area contributed by atoms with Crippen molar-refractivity contribution in [1.29, 1.82) is 0 Å². The number of ketones is 1. The van der Waals surface area contributed by atoms with Crippen LogP contribution in [-0.2, 0) is 14.3 Å². The highest BCUT2D eigenvalue weighted by molar-refractivity contribution is 5.84. The van der Waals surface area contributed by atoms with Gasteiger partial charge in [-0.25, -0.2) is 0 Å². The summed E-state index contributed by atoms with van der Waals surface area (Å²) in [6.07, 6.45) is 9.42. The molecule has 4 saturated carbocycles.